The predicted octanol–water partition coefficient (Wildman–Crippen LogP) is 4.68. The first kappa shape index (κ1) is 23.2. The van der Waals surface area contributed by atoms with E-state index in [1.54, 1.807) is 12.1 Å². The second kappa shape index (κ2) is 10.3. The van der Waals surface area contributed by atoms with E-state index in [0.29, 0.717) is 53.9 Å². The number of anilines is 3. The van der Waals surface area contributed by atoms with E-state index in [1.165, 1.54) is 21.3 Å². The fourth-order valence-electron chi connectivity index (χ4n) is 3.72. The number of rotatable bonds is 8. The number of nitrogens with zero attached hydrogens (tertiary/aromatic N) is 1. The first-order valence-corrected chi connectivity index (χ1v) is 10.7. The summed E-state index contributed by atoms with van der Waals surface area (Å²) in [5.74, 6) is 2.02. The lowest BCUT2D eigenvalue weighted by atomic mass is 9.99. The van der Waals surface area contributed by atoms with E-state index in [2.05, 4.69) is 24.5 Å². The first-order chi connectivity index (χ1) is 15.4. The third-order valence-corrected chi connectivity index (χ3v) is 5.39. The lowest BCUT2D eigenvalue weighted by molar-refractivity contribution is -0.118. The second-order valence-electron chi connectivity index (χ2n) is 8.06. The molecule has 172 valence electrons. The Bertz CT molecular complexity index is 965. The molecule has 0 atom stereocenters. The van der Waals surface area contributed by atoms with Crippen LogP contribution in [-0.2, 0) is 11.2 Å². The molecule has 2 aromatic rings. The van der Waals surface area contributed by atoms with E-state index < -0.39 is 6.03 Å². The molecule has 3 rings (SSSR count). The van der Waals surface area contributed by atoms with Crippen molar-refractivity contribution in [1.29, 1.82) is 0 Å². The highest BCUT2D eigenvalue weighted by molar-refractivity contribution is 6.01. The van der Waals surface area contributed by atoms with E-state index in [9.17, 15) is 9.59 Å². The summed E-state index contributed by atoms with van der Waals surface area (Å²) in [4.78, 5) is 26.9. The number of hydrogen-bond donors (Lipinski definition) is 2. The van der Waals surface area contributed by atoms with Crippen molar-refractivity contribution in [3.63, 3.8) is 0 Å². The molecule has 0 spiro atoms. The Morgan fingerprint density at radius 2 is 1.62 bits per heavy atom. The zero-order chi connectivity index (χ0) is 23.3. The van der Waals surface area contributed by atoms with E-state index >= 15 is 0 Å². The summed E-state index contributed by atoms with van der Waals surface area (Å²) >= 11 is 0. The van der Waals surface area contributed by atoms with Gasteiger partial charge in [0.1, 0.15) is 0 Å². The molecular formula is C24H31N3O5. The average Bonchev–Trinajstić information content (AvgIpc) is 2.77. The van der Waals surface area contributed by atoms with Gasteiger partial charge >= 0.3 is 6.03 Å². The van der Waals surface area contributed by atoms with Gasteiger partial charge in [0.2, 0.25) is 11.7 Å². The van der Waals surface area contributed by atoms with Gasteiger partial charge in [-0.05, 0) is 42.5 Å². The predicted molar refractivity (Wildman–Crippen MR) is 125 cm³/mol. The first-order valence-electron chi connectivity index (χ1n) is 10.7. The fraction of sp³-hybridized carbons (Fsp3) is 0.417. The lowest BCUT2D eigenvalue weighted by Crippen LogP contribution is -2.36. The number of carbonyl (C=O) groups excluding carboxylic acids is 2. The zero-order valence-electron chi connectivity index (χ0n) is 19.3. The van der Waals surface area contributed by atoms with Gasteiger partial charge in [-0.1, -0.05) is 13.8 Å². The van der Waals surface area contributed by atoms with Crippen LogP contribution >= 0.6 is 0 Å². The van der Waals surface area contributed by atoms with Crippen LogP contribution in [0.2, 0.25) is 0 Å². The molecule has 1 aliphatic rings. The summed E-state index contributed by atoms with van der Waals surface area (Å²) in [6.45, 7) is 5.00. The van der Waals surface area contributed by atoms with Gasteiger partial charge in [-0.2, -0.15) is 0 Å². The average molecular weight is 442 g/mol. The van der Waals surface area contributed by atoms with Crippen LogP contribution in [0.1, 0.15) is 32.3 Å². The van der Waals surface area contributed by atoms with Crippen molar-refractivity contribution in [2.24, 2.45) is 5.92 Å². The van der Waals surface area contributed by atoms with Gasteiger partial charge in [-0.3, -0.25) is 4.79 Å². The van der Waals surface area contributed by atoms with Crippen molar-refractivity contribution in [3.05, 3.63) is 35.9 Å². The van der Waals surface area contributed by atoms with Crippen molar-refractivity contribution in [2.45, 2.75) is 33.1 Å². The molecule has 3 amide bonds. The number of fused-ring (bicyclic) bond motifs is 1. The monoisotopic (exact) mass is 441 g/mol. The molecule has 0 bridgehead atoms. The summed E-state index contributed by atoms with van der Waals surface area (Å²) in [6, 6.07) is 8.57. The van der Waals surface area contributed by atoms with E-state index in [-0.39, 0.29) is 5.91 Å². The molecule has 32 heavy (non-hydrogen) atoms. The largest absolute Gasteiger partial charge is 0.493 e. The maximum absolute atomic E-state index is 12.6. The maximum atomic E-state index is 12.6. The SMILES string of the molecule is COc1cc(NC(=O)Nc2ccc3c(c2)CCC(=O)N3CCC(C)C)cc(OC)c1OC. The normalized spacial score (nSPS) is 12.9. The minimum absolute atomic E-state index is 0.152. The Hall–Kier alpha value is -3.42. The van der Waals surface area contributed by atoms with Gasteiger partial charge in [-0.15, -0.1) is 0 Å². The number of amides is 3. The van der Waals surface area contributed by atoms with Crippen LogP contribution in [0.3, 0.4) is 0 Å². The van der Waals surface area contributed by atoms with Gasteiger partial charge in [0.25, 0.3) is 0 Å². The molecule has 0 aliphatic carbocycles. The standard InChI is InChI=1S/C24H31N3O5/c1-15(2)10-11-27-19-8-7-17(12-16(19)6-9-22(27)28)25-24(29)26-18-13-20(30-3)23(32-5)21(14-18)31-4/h7-8,12-15H,6,9-11H2,1-5H3,(H2,25,26,29). The molecule has 8 heteroatoms. The Labute approximate surface area is 188 Å². The topological polar surface area (TPSA) is 89.1 Å². The van der Waals surface area contributed by atoms with Gasteiger partial charge in [0, 0.05) is 36.5 Å². The third-order valence-electron chi connectivity index (χ3n) is 5.39. The molecule has 0 saturated heterocycles. The Kier molecular flexibility index (Phi) is 7.45. The smallest absolute Gasteiger partial charge is 0.323 e. The second-order valence-corrected chi connectivity index (χ2v) is 8.06. The van der Waals surface area contributed by atoms with Crippen LogP contribution in [0.25, 0.3) is 0 Å². The number of carbonyl (C=O) groups is 2. The Balaban J connectivity index is 1.73. The van der Waals surface area contributed by atoms with Crippen molar-refractivity contribution >= 4 is 29.0 Å². The zero-order valence-corrected chi connectivity index (χ0v) is 19.3. The lowest BCUT2D eigenvalue weighted by Gasteiger charge is -2.30. The molecule has 0 fully saturated rings. The van der Waals surface area contributed by atoms with Gasteiger partial charge < -0.3 is 29.7 Å². The summed E-state index contributed by atoms with van der Waals surface area (Å²) in [5.41, 5.74) is 3.14. The highest BCUT2D eigenvalue weighted by Crippen LogP contribution is 2.40. The quantitative estimate of drug-likeness (QED) is 0.621. The molecule has 2 N–H and O–H groups in total. The van der Waals surface area contributed by atoms with Crippen molar-refractivity contribution in [1.82, 2.24) is 0 Å². The van der Waals surface area contributed by atoms with Crippen molar-refractivity contribution in [3.8, 4) is 17.2 Å². The maximum Gasteiger partial charge on any atom is 0.323 e. The van der Waals surface area contributed by atoms with Crippen molar-refractivity contribution < 1.29 is 23.8 Å². The van der Waals surface area contributed by atoms with Crippen LogP contribution in [0, 0.1) is 5.92 Å². The molecule has 2 aromatic carbocycles. The van der Waals surface area contributed by atoms with E-state index in [4.69, 9.17) is 14.2 Å². The van der Waals surface area contributed by atoms with Crippen molar-refractivity contribution in [2.75, 3.05) is 43.4 Å². The number of nitrogens with one attached hydrogen (secondary N) is 2. The summed E-state index contributed by atoms with van der Waals surface area (Å²) in [7, 11) is 4.56. The molecule has 8 nitrogen and oxygen atoms in total. The highest BCUT2D eigenvalue weighted by atomic mass is 16.5. The molecule has 0 radical (unpaired) electrons. The van der Waals surface area contributed by atoms with Crippen LogP contribution in [0.15, 0.2) is 30.3 Å². The number of benzene rings is 2. The molecule has 0 aromatic heterocycles. The number of urea groups is 1. The van der Waals surface area contributed by atoms with E-state index in [0.717, 1.165) is 17.7 Å². The summed E-state index contributed by atoms with van der Waals surface area (Å²) in [5, 5.41) is 5.64. The van der Waals surface area contributed by atoms with Crippen LogP contribution < -0.4 is 29.7 Å². The minimum atomic E-state index is -0.400. The number of ether oxygens (including phenoxy) is 3. The fourth-order valence-corrected chi connectivity index (χ4v) is 3.72. The molecule has 1 aliphatic heterocycles. The van der Waals surface area contributed by atoms with E-state index in [1.807, 2.05) is 23.1 Å². The molecular weight excluding hydrogens is 410 g/mol. The summed E-state index contributed by atoms with van der Waals surface area (Å²) < 4.78 is 16.0. The summed E-state index contributed by atoms with van der Waals surface area (Å²) in [6.07, 6.45) is 2.09. The van der Waals surface area contributed by atoms with Crippen LogP contribution in [0.5, 0.6) is 17.2 Å². The highest BCUT2D eigenvalue weighted by Gasteiger charge is 2.24. The Morgan fingerprint density at radius 3 is 2.22 bits per heavy atom. The number of methoxy groups -OCH3 is 3. The van der Waals surface area contributed by atoms with Gasteiger partial charge in [-0.25, -0.2) is 4.79 Å². The van der Waals surface area contributed by atoms with Gasteiger partial charge in [0.15, 0.2) is 11.5 Å². The minimum Gasteiger partial charge on any atom is -0.493 e. The number of aryl methyl sites for hydroxylation is 1. The van der Waals surface area contributed by atoms with Crippen LogP contribution in [0.4, 0.5) is 21.9 Å². The van der Waals surface area contributed by atoms with Gasteiger partial charge in [0.05, 0.1) is 27.0 Å². The van der Waals surface area contributed by atoms with Crippen LogP contribution in [-0.4, -0.2) is 39.8 Å². The Morgan fingerprint density at radius 1 is 0.969 bits per heavy atom. The molecule has 0 unspecified atom stereocenters. The third kappa shape index (κ3) is 5.25. The number of hydrogen-bond acceptors (Lipinski definition) is 5. The molecule has 0 saturated carbocycles. The molecule has 1 heterocycles.